The molecule has 2 aromatic rings. The number of rotatable bonds is 4. The Morgan fingerprint density at radius 1 is 1.29 bits per heavy atom. The van der Waals surface area contributed by atoms with E-state index in [2.05, 4.69) is 15.9 Å². The molecule has 0 amide bonds. The quantitative estimate of drug-likeness (QED) is 0.663. The van der Waals surface area contributed by atoms with Crippen LogP contribution >= 0.6 is 15.9 Å². The molecule has 21 heavy (non-hydrogen) atoms. The van der Waals surface area contributed by atoms with Gasteiger partial charge in [0.1, 0.15) is 5.82 Å². The average Bonchev–Trinajstić information content (AvgIpc) is 2.48. The van der Waals surface area contributed by atoms with Crippen LogP contribution < -0.4 is 4.74 Å². The lowest BCUT2D eigenvalue weighted by Gasteiger charge is -2.04. The molecule has 3 nitrogen and oxygen atoms in total. The number of carbonyl (C=O) groups excluding carboxylic acids is 1. The number of phenolic OH excluding ortho intramolecular Hbond substituents is 1. The van der Waals surface area contributed by atoms with Crippen molar-refractivity contribution in [3.8, 4) is 11.5 Å². The summed E-state index contributed by atoms with van der Waals surface area (Å²) in [5.41, 5.74) is 1.09. The van der Waals surface area contributed by atoms with E-state index in [0.717, 1.165) is 0 Å². The Labute approximate surface area is 129 Å². The highest BCUT2D eigenvalue weighted by Crippen LogP contribution is 2.26. The minimum absolute atomic E-state index is 0.0273. The van der Waals surface area contributed by atoms with E-state index in [0.29, 0.717) is 15.6 Å². The zero-order chi connectivity index (χ0) is 15.4. The van der Waals surface area contributed by atoms with Gasteiger partial charge in [0, 0.05) is 5.56 Å². The Bertz CT molecular complexity index is 711. The van der Waals surface area contributed by atoms with Crippen molar-refractivity contribution in [2.24, 2.45) is 0 Å². The fourth-order valence-electron chi connectivity index (χ4n) is 1.72. The van der Waals surface area contributed by atoms with Crippen molar-refractivity contribution in [3.63, 3.8) is 0 Å². The number of carbonyl (C=O) groups is 1. The third kappa shape index (κ3) is 3.70. The van der Waals surface area contributed by atoms with E-state index >= 15 is 0 Å². The van der Waals surface area contributed by atoms with E-state index in [1.54, 1.807) is 18.2 Å². The van der Waals surface area contributed by atoms with Crippen LogP contribution in [0.4, 0.5) is 4.39 Å². The molecule has 0 fully saturated rings. The predicted octanol–water partition coefficient (Wildman–Crippen LogP) is 4.20. The summed E-state index contributed by atoms with van der Waals surface area (Å²) < 4.78 is 18.4. The van der Waals surface area contributed by atoms with Crippen LogP contribution in [0.1, 0.15) is 15.9 Å². The molecule has 0 saturated heterocycles. The number of methoxy groups -OCH3 is 1. The Morgan fingerprint density at radius 2 is 2.05 bits per heavy atom. The Hall–Kier alpha value is -2.14. The zero-order valence-electron chi connectivity index (χ0n) is 11.1. The largest absolute Gasteiger partial charge is 0.504 e. The van der Waals surface area contributed by atoms with Crippen molar-refractivity contribution >= 4 is 27.8 Å². The highest BCUT2D eigenvalue weighted by Gasteiger charge is 2.07. The number of ketones is 1. The smallest absolute Gasteiger partial charge is 0.185 e. The van der Waals surface area contributed by atoms with Crippen molar-refractivity contribution < 1.29 is 19.0 Å². The average molecular weight is 351 g/mol. The Kier molecular flexibility index (Phi) is 4.75. The summed E-state index contributed by atoms with van der Waals surface area (Å²) in [6.07, 6.45) is 2.97. The van der Waals surface area contributed by atoms with Gasteiger partial charge in [-0.25, -0.2) is 4.39 Å². The van der Waals surface area contributed by atoms with Gasteiger partial charge in [-0.2, -0.15) is 0 Å². The molecule has 108 valence electrons. The van der Waals surface area contributed by atoms with Crippen molar-refractivity contribution in [2.45, 2.75) is 0 Å². The van der Waals surface area contributed by atoms with Crippen LogP contribution in [0.5, 0.6) is 11.5 Å². The topological polar surface area (TPSA) is 46.5 Å². The summed E-state index contributed by atoms with van der Waals surface area (Å²) in [7, 11) is 1.41. The molecule has 0 spiro atoms. The lowest BCUT2D eigenvalue weighted by Crippen LogP contribution is -1.95. The first-order chi connectivity index (χ1) is 10.0. The van der Waals surface area contributed by atoms with Gasteiger partial charge in [0.15, 0.2) is 17.3 Å². The van der Waals surface area contributed by atoms with E-state index in [9.17, 15) is 14.3 Å². The lowest BCUT2D eigenvalue weighted by molar-refractivity contribution is 0.104. The third-order valence-electron chi connectivity index (χ3n) is 2.84. The second-order valence-electron chi connectivity index (χ2n) is 4.26. The summed E-state index contributed by atoms with van der Waals surface area (Å²) >= 11 is 3.09. The van der Waals surface area contributed by atoms with Crippen LogP contribution in [-0.4, -0.2) is 18.0 Å². The molecule has 0 radical (unpaired) electrons. The Morgan fingerprint density at radius 3 is 2.71 bits per heavy atom. The number of halogens is 2. The fraction of sp³-hybridized carbons (Fsp3) is 0.0625. The zero-order valence-corrected chi connectivity index (χ0v) is 12.7. The van der Waals surface area contributed by atoms with E-state index in [4.69, 9.17) is 4.74 Å². The summed E-state index contributed by atoms with van der Waals surface area (Å²) in [5.74, 6) is -0.394. The maximum absolute atomic E-state index is 13.1. The van der Waals surface area contributed by atoms with E-state index in [-0.39, 0.29) is 23.1 Å². The monoisotopic (exact) mass is 350 g/mol. The minimum Gasteiger partial charge on any atom is -0.504 e. The summed E-state index contributed by atoms with van der Waals surface area (Å²) in [6, 6.07) is 8.83. The maximum atomic E-state index is 13.1. The van der Waals surface area contributed by atoms with E-state index in [1.165, 1.54) is 37.5 Å². The number of allylic oxidation sites excluding steroid dienone is 1. The molecule has 0 bridgehead atoms. The summed E-state index contributed by atoms with van der Waals surface area (Å²) in [6.45, 7) is 0. The van der Waals surface area contributed by atoms with Gasteiger partial charge in [-0.05, 0) is 57.9 Å². The second kappa shape index (κ2) is 6.54. The number of ether oxygens (including phenoxy) is 1. The number of hydrogen-bond donors (Lipinski definition) is 1. The fourth-order valence-corrected chi connectivity index (χ4v) is 2.11. The maximum Gasteiger partial charge on any atom is 0.185 e. The van der Waals surface area contributed by atoms with E-state index < -0.39 is 0 Å². The Balaban J connectivity index is 2.20. The van der Waals surface area contributed by atoms with Gasteiger partial charge < -0.3 is 9.84 Å². The molecule has 0 aromatic heterocycles. The lowest BCUT2D eigenvalue weighted by atomic mass is 10.1. The van der Waals surface area contributed by atoms with Crippen LogP contribution in [0.25, 0.3) is 6.08 Å². The third-order valence-corrected chi connectivity index (χ3v) is 3.44. The number of benzene rings is 2. The molecule has 5 heteroatoms. The predicted molar refractivity (Wildman–Crippen MR) is 82.1 cm³/mol. The van der Waals surface area contributed by atoms with Gasteiger partial charge in [0.25, 0.3) is 0 Å². The molecule has 0 saturated carbocycles. The van der Waals surface area contributed by atoms with Gasteiger partial charge in [-0.1, -0.05) is 12.1 Å². The van der Waals surface area contributed by atoms with Crippen molar-refractivity contribution in [2.75, 3.05) is 7.11 Å². The molecule has 0 heterocycles. The summed E-state index contributed by atoms with van der Waals surface area (Å²) in [5, 5.41) is 9.49. The standard InChI is InChI=1S/C16H12BrFO3/c1-21-16-9-11(4-7-15(16)20)14(19)6-3-10-2-5-13(18)12(17)8-10/h2-9,20H,1H3. The molecule has 0 atom stereocenters. The first kappa shape index (κ1) is 15.3. The summed E-state index contributed by atoms with van der Waals surface area (Å²) in [4.78, 5) is 12.0. The van der Waals surface area contributed by atoms with Gasteiger partial charge in [-0.15, -0.1) is 0 Å². The highest BCUT2D eigenvalue weighted by molar-refractivity contribution is 9.10. The first-order valence-corrected chi connectivity index (χ1v) is 6.85. The van der Waals surface area contributed by atoms with Gasteiger partial charge in [-0.3, -0.25) is 4.79 Å². The van der Waals surface area contributed by atoms with E-state index in [1.807, 2.05) is 0 Å². The molecule has 1 N–H and O–H groups in total. The molecule has 0 aliphatic heterocycles. The van der Waals surface area contributed by atoms with Crippen LogP contribution in [0, 0.1) is 5.82 Å². The SMILES string of the molecule is COc1cc(C(=O)C=Cc2ccc(F)c(Br)c2)ccc1O. The highest BCUT2D eigenvalue weighted by atomic mass is 79.9. The number of aromatic hydroxyl groups is 1. The molecule has 0 aliphatic rings. The van der Waals surface area contributed by atoms with Crippen LogP contribution in [0.2, 0.25) is 0 Å². The van der Waals surface area contributed by atoms with Crippen LogP contribution in [0.3, 0.4) is 0 Å². The van der Waals surface area contributed by atoms with Crippen molar-refractivity contribution in [1.82, 2.24) is 0 Å². The van der Waals surface area contributed by atoms with Gasteiger partial charge in [0.2, 0.25) is 0 Å². The normalized spacial score (nSPS) is 10.8. The minimum atomic E-state index is -0.359. The first-order valence-electron chi connectivity index (χ1n) is 6.05. The van der Waals surface area contributed by atoms with Crippen molar-refractivity contribution in [1.29, 1.82) is 0 Å². The van der Waals surface area contributed by atoms with Gasteiger partial charge in [0.05, 0.1) is 11.6 Å². The molecule has 0 unspecified atom stereocenters. The number of phenols is 1. The second-order valence-corrected chi connectivity index (χ2v) is 5.11. The molecular weight excluding hydrogens is 339 g/mol. The number of hydrogen-bond acceptors (Lipinski definition) is 3. The molecule has 2 aromatic carbocycles. The molecule has 0 aliphatic carbocycles. The van der Waals surface area contributed by atoms with Crippen LogP contribution in [-0.2, 0) is 0 Å². The van der Waals surface area contributed by atoms with Gasteiger partial charge >= 0.3 is 0 Å². The molecule has 2 rings (SSSR count). The van der Waals surface area contributed by atoms with Crippen LogP contribution in [0.15, 0.2) is 46.9 Å². The molecular formula is C16H12BrFO3. The van der Waals surface area contributed by atoms with Crippen molar-refractivity contribution in [3.05, 3.63) is 63.9 Å².